The second-order valence-corrected chi connectivity index (χ2v) is 8.80. The van der Waals surface area contributed by atoms with Gasteiger partial charge >= 0.3 is 24.1 Å². The Balaban J connectivity index is 0.000000206. The van der Waals surface area contributed by atoms with Gasteiger partial charge in [-0.25, -0.2) is 9.59 Å². The maximum atomic E-state index is 11.8. The van der Waals surface area contributed by atoms with Crippen molar-refractivity contribution in [2.24, 2.45) is 11.8 Å². The molecule has 0 aromatic heterocycles. The van der Waals surface area contributed by atoms with E-state index in [4.69, 9.17) is 14.6 Å². The Kier molecular flexibility index (Phi) is 10.3. The van der Waals surface area contributed by atoms with Crippen molar-refractivity contribution in [1.29, 1.82) is 0 Å². The third kappa shape index (κ3) is 8.52. The molecule has 2 aliphatic heterocycles. The van der Waals surface area contributed by atoms with Crippen LogP contribution in [0.2, 0.25) is 0 Å². The van der Waals surface area contributed by atoms with Gasteiger partial charge in [0.1, 0.15) is 13.2 Å². The molecule has 2 atom stereocenters. The third-order valence-corrected chi connectivity index (χ3v) is 6.19. The normalized spacial score (nSPS) is 18.4. The maximum absolute atomic E-state index is 11.8. The highest BCUT2D eigenvalue weighted by atomic mass is 16.6. The summed E-state index contributed by atoms with van der Waals surface area (Å²) in [6.45, 7) is 2.06. The molecule has 4 rings (SSSR count). The predicted molar refractivity (Wildman–Crippen MR) is 132 cm³/mol. The highest BCUT2D eigenvalue weighted by Gasteiger charge is 2.33. The van der Waals surface area contributed by atoms with Gasteiger partial charge in [0.25, 0.3) is 0 Å². The van der Waals surface area contributed by atoms with Crippen molar-refractivity contribution in [3.8, 4) is 0 Å². The minimum absolute atomic E-state index is 0.216. The predicted octanol–water partition coefficient (Wildman–Crippen LogP) is 3.55. The first kappa shape index (κ1) is 27.5. The SMILES string of the molecule is COC(=O)C1CCN(C(=O)OCc2ccccc2)C1.O=C(O)C1CCN(C(=O)OCc2ccccc2)C1. The number of esters is 1. The van der Waals surface area contributed by atoms with Crippen LogP contribution < -0.4 is 0 Å². The number of carboxylic acid groups (broad SMARTS) is 1. The molecule has 2 unspecified atom stereocenters. The third-order valence-electron chi connectivity index (χ3n) is 6.19. The topological polar surface area (TPSA) is 123 Å². The molecule has 2 aliphatic rings. The average molecular weight is 513 g/mol. The highest BCUT2D eigenvalue weighted by Crippen LogP contribution is 2.19. The molecule has 2 aromatic rings. The lowest BCUT2D eigenvalue weighted by Gasteiger charge is -2.15. The van der Waals surface area contributed by atoms with Crippen molar-refractivity contribution in [1.82, 2.24) is 9.80 Å². The summed E-state index contributed by atoms with van der Waals surface area (Å²) in [5.74, 6) is -1.81. The molecule has 2 fully saturated rings. The van der Waals surface area contributed by atoms with Crippen molar-refractivity contribution in [3.63, 3.8) is 0 Å². The number of rotatable bonds is 6. The van der Waals surface area contributed by atoms with Crippen molar-refractivity contribution >= 4 is 24.1 Å². The summed E-state index contributed by atoms with van der Waals surface area (Å²) in [4.78, 5) is 48.6. The van der Waals surface area contributed by atoms with Crippen LogP contribution in [-0.4, -0.2) is 72.3 Å². The molecule has 10 heteroatoms. The first-order valence-electron chi connectivity index (χ1n) is 12.1. The number of methoxy groups -OCH3 is 1. The van der Waals surface area contributed by atoms with Gasteiger partial charge in [0.2, 0.25) is 0 Å². The molecule has 1 N–H and O–H groups in total. The molecule has 37 heavy (non-hydrogen) atoms. The molecule has 2 saturated heterocycles. The molecule has 0 radical (unpaired) electrons. The van der Waals surface area contributed by atoms with Gasteiger partial charge in [-0.2, -0.15) is 0 Å². The van der Waals surface area contributed by atoms with Crippen LogP contribution in [0.3, 0.4) is 0 Å². The van der Waals surface area contributed by atoms with Crippen LogP contribution in [0.1, 0.15) is 24.0 Å². The smallest absolute Gasteiger partial charge is 0.410 e. The number of ether oxygens (including phenoxy) is 3. The van der Waals surface area contributed by atoms with E-state index < -0.39 is 18.0 Å². The number of hydrogen-bond donors (Lipinski definition) is 1. The first-order chi connectivity index (χ1) is 17.9. The number of nitrogens with zero attached hydrogens (tertiary/aromatic N) is 2. The fourth-order valence-electron chi connectivity index (χ4n) is 4.03. The zero-order valence-electron chi connectivity index (χ0n) is 20.8. The lowest BCUT2D eigenvalue weighted by Crippen LogP contribution is -2.30. The Bertz CT molecular complexity index is 1050. The second-order valence-electron chi connectivity index (χ2n) is 8.80. The molecule has 0 aliphatic carbocycles. The summed E-state index contributed by atoms with van der Waals surface area (Å²) in [5, 5.41) is 8.84. The molecule has 2 aromatic carbocycles. The van der Waals surface area contributed by atoms with Gasteiger partial charge in [0.15, 0.2) is 0 Å². The summed E-state index contributed by atoms with van der Waals surface area (Å²) in [5.41, 5.74) is 1.86. The number of carbonyl (C=O) groups excluding carboxylic acids is 3. The van der Waals surface area contributed by atoms with Gasteiger partial charge < -0.3 is 29.1 Å². The Morgan fingerprint density at radius 3 is 1.59 bits per heavy atom. The van der Waals surface area contributed by atoms with Gasteiger partial charge in [-0.15, -0.1) is 0 Å². The van der Waals surface area contributed by atoms with E-state index in [-0.39, 0.29) is 37.7 Å². The number of likely N-dealkylation sites (tertiary alicyclic amines) is 2. The summed E-state index contributed by atoms with van der Waals surface area (Å²) < 4.78 is 15.0. The molecule has 2 amide bonds. The number of amides is 2. The van der Waals surface area contributed by atoms with E-state index in [1.54, 1.807) is 4.90 Å². The number of hydrogen-bond acceptors (Lipinski definition) is 7. The molecule has 0 spiro atoms. The van der Waals surface area contributed by atoms with Crippen molar-refractivity contribution in [2.45, 2.75) is 26.1 Å². The van der Waals surface area contributed by atoms with Crippen LogP contribution in [0.4, 0.5) is 9.59 Å². The molecular weight excluding hydrogens is 480 g/mol. The molecular formula is C27H32N2O8. The summed E-state index contributed by atoms with van der Waals surface area (Å²) in [7, 11) is 1.36. The largest absolute Gasteiger partial charge is 0.481 e. The van der Waals surface area contributed by atoms with Crippen LogP contribution >= 0.6 is 0 Å². The summed E-state index contributed by atoms with van der Waals surface area (Å²) in [6.07, 6.45) is 0.306. The van der Waals surface area contributed by atoms with Crippen molar-refractivity contribution < 1.29 is 38.5 Å². The standard InChI is InChI=1S/C14H17NO4.C13H15NO4/c1-18-13(16)12-7-8-15(9-12)14(17)19-10-11-5-3-2-4-6-11;15-12(16)11-6-7-14(8-11)13(17)18-9-10-4-2-1-3-5-10/h2-6,12H,7-10H2,1H3;1-5,11H,6-9H2,(H,15,16). The maximum Gasteiger partial charge on any atom is 0.410 e. The van der Waals surface area contributed by atoms with Crippen LogP contribution in [0.5, 0.6) is 0 Å². The fourth-order valence-corrected chi connectivity index (χ4v) is 4.03. The number of aliphatic carboxylic acids is 1. The molecule has 2 heterocycles. The monoisotopic (exact) mass is 512 g/mol. The van der Waals surface area contributed by atoms with E-state index in [1.807, 2.05) is 60.7 Å². The fraction of sp³-hybridized carbons (Fsp3) is 0.407. The zero-order chi connectivity index (χ0) is 26.6. The van der Waals surface area contributed by atoms with Crippen LogP contribution in [0, 0.1) is 11.8 Å². The van der Waals surface area contributed by atoms with E-state index in [0.29, 0.717) is 32.5 Å². The molecule has 0 bridgehead atoms. The van der Waals surface area contributed by atoms with E-state index >= 15 is 0 Å². The summed E-state index contributed by atoms with van der Waals surface area (Å²) in [6, 6.07) is 18.9. The lowest BCUT2D eigenvalue weighted by molar-refractivity contribution is -0.145. The van der Waals surface area contributed by atoms with Gasteiger partial charge in [0.05, 0.1) is 18.9 Å². The number of carboxylic acids is 1. The van der Waals surface area contributed by atoms with E-state index in [0.717, 1.165) is 11.1 Å². The van der Waals surface area contributed by atoms with Crippen molar-refractivity contribution in [2.75, 3.05) is 33.3 Å². The Morgan fingerprint density at radius 1 is 0.757 bits per heavy atom. The van der Waals surface area contributed by atoms with E-state index in [9.17, 15) is 19.2 Å². The average Bonchev–Trinajstić information content (AvgIpc) is 3.63. The first-order valence-corrected chi connectivity index (χ1v) is 12.1. The Labute approximate surface area is 215 Å². The zero-order valence-corrected chi connectivity index (χ0v) is 20.8. The minimum Gasteiger partial charge on any atom is -0.481 e. The molecule has 0 saturated carbocycles. The highest BCUT2D eigenvalue weighted by molar-refractivity contribution is 5.75. The van der Waals surface area contributed by atoms with E-state index in [2.05, 4.69) is 4.74 Å². The Morgan fingerprint density at radius 2 is 1.19 bits per heavy atom. The van der Waals surface area contributed by atoms with Crippen LogP contribution in [0.25, 0.3) is 0 Å². The minimum atomic E-state index is -0.853. The van der Waals surface area contributed by atoms with Gasteiger partial charge in [-0.05, 0) is 24.0 Å². The number of benzene rings is 2. The summed E-state index contributed by atoms with van der Waals surface area (Å²) >= 11 is 0. The van der Waals surface area contributed by atoms with Crippen molar-refractivity contribution in [3.05, 3.63) is 71.8 Å². The Hall–Kier alpha value is -4.08. The quantitative estimate of drug-likeness (QED) is 0.461. The van der Waals surface area contributed by atoms with Crippen LogP contribution in [-0.2, 0) is 37.0 Å². The second kappa shape index (κ2) is 13.9. The van der Waals surface area contributed by atoms with Gasteiger partial charge in [-0.1, -0.05) is 60.7 Å². The number of carbonyl (C=O) groups is 4. The molecule has 10 nitrogen and oxygen atoms in total. The van der Waals surface area contributed by atoms with Gasteiger partial charge in [0, 0.05) is 26.2 Å². The molecule has 198 valence electrons. The lowest BCUT2D eigenvalue weighted by atomic mass is 10.1. The van der Waals surface area contributed by atoms with E-state index in [1.165, 1.54) is 12.0 Å². The van der Waals surface area contributed by atoms with Crippen LogP contribution in [0.15, 0.2) is 60.7 Å². The van der Waals surface area contributed by atoms with Gasteiger partial charge in [-0.3, -0.25) is 9.59 Å².